The van der Waals surface area contributed by atoms with Gasteiger partial charge in [-0.15, -0.1) is 0 Å². The number of rotatable bonds is 5. The average Bonchev–Trinajstić information content (AvgIpc) is 3.56. The zero-order valence-electron chi connectivity index (χ0n) is 39.8. The summed E-state index contributed by atoms with van der Waals surface area (Å²) >= 11 is 0. The van der Waals surface area contributed by atoms with Crippen LogP contribution in [0.4, 0.5) is 17.1 Å². The first-order chi connectivity index (χ1) is 34.6. The number of anilines is 3. The lowest BCUT2D eigenvalue weighted by atomic mass is 9.63. The number of nitrogens with one attached hydrogen (secondary N) is 1. The average molecular weight is 904 g/mol. The molecule has 0 atom stereocenters. The molecule has 3 nitrogen and oxygen atoms in total. The van der Waals surface area contributed by atoms with E-state index in [1.54, 1.807) is 6.08 Å². The van der Waals surface area contributed by atoms with Gasteiger partial charge >= 0.3 is 0 Å². The van der Waals surface area contributed by atoms with E-state index in [9.17, 15) is 0 Å². The predicted molar refractivity (Wildman–Crippen MR) is 302 cm³/mol. The molecule has 0 saturated heterocycles. The molecule has 1 heterocycles. The molecule has 9 aromatic carbocycles. The third-order valence-corrected chi connectivity index (χ3v) is 13.2. The Morgan fingerprint density at radius 1 is 0.471 bits per heavy atom. The Morgan fingerprint density at radius 2 is 1.00 bits per heavy atom. The lowest BCUT2D eigenvalue weighted by molar-refractivity contribution is 0.756. The molecule has 3 N–H and O–H groups in total. The van der Waals surface area contributed by atoms with Crippen molar-refractivity contribution < 1.29 is 0 Å². The molecule has 340 valence electrons. The summed E-state index contributed by atoms with van der Waals surface area (Å²) < 4.78 is 0. The summed E-state index contributed by atoms with van der Waals surface area (Å²) in [5.41, 5.74) is 22.2. The second-order valence-electron chi connectivity index (χ2n) is 17.3. The van der Waals surface area contributed by atoms with Crippen molar-refractivity contribution in [2.75, 3.05) is 4.90 Å². The zero-order chi connectivity index (χ0) is 48.3. The molecule has 0 radical (unpaired) electrons. The van der Waals surface area contributed by atoms with Crippen LogP contribution in [0.1, 0.15) is 41.2 Å². The van der Waals surface area contributed by atoms with Gasteiger partial charge in [0.25, 0.3) is 0 Å². The molecule has 1 aliphatic heterocycles. The van der Waals surface area contributed by atoms with Gasteiger partial charge in [-0.25, -0.2) is 0 Å². The molecular weight excluding hydrogens is 847 g/mol. The Morgan fingerprint density at radius 3 is 1.64 bits per heavy atom. The summed E-state index contributed by atoms with van der Waals surface area (Å²) in [6.45, 7) is 6.61. The van der Waals surface area contributed by atoms with Gasteiger partial charge in [-0.05, 0) is 130 Å². The number of hydrogen-bond donors (Lipinski definition) is 2. The van der Waals surface area contributed by atoms with Gasteiger partial charge in [0.15, 0.2) is 0 Å². The molecule has 0 bridgehead atoms. The van der Waals surface area contributed by atoms with E-state index >= 15 is 0 Å². The predicted octanol–water partition coefficient (Wildman–Crippen LogP) is 17.7. The second kappa shape index (κ2) is 21.4. The molecule has 12 rings (SSSR count). The number of fused-ring (bicyclic) bond motifs is 13. The maximum absolute atomic E-state index is 5.50. The van der Waals surface area contributed by atoms with E-state index in [1.807, 2.05) is 43.4 Å². The number of nitrogens with two attached hydrogens (primary N) is 1. The highest BCUT2D eigenvalue weighted by Crippen LogP contribution is 2.65. The lowest BCUT2D eigenvalue weighted by Crippen LogP contribution is -2.36. The number of para-hydroxylation sites is 1. The topological polar surface area (TPSA) is 53.1 Å². The second-order valence-corrected chi connectivity index (χ2v) is 17.3. The van der Waals surface area contributed by atoms with Crippen LogP contribution in [0.25, 0.3) is 54.9 Å². The van der Waals surface area contributed by atoms with Crippen LogP contribution in [-0.4, -0.2) is 6.72 Å². The molecule has 1 spiro atoms. The number of nitrogens with zero attached hydrogens (tertiary/aromatic N) is 1. The van der Waals surface area contributed by atoms with Crippen molar-refractivity contribution in [3.63, 3.8) is 0 Å². The maximum atomic E-state index is 5.50. The van der Waals surface area contributed by atoms with Crippen LogP contribution >= 0.6 is 0 Å². The van der Waals surface area contributed by atoms with Crippen LogP contribution in [-0.2, 0) is 5.41 Å². The van der Waals surface area contributed by atoms with Gasteiger partial charge in [0, 0.05) is 16.5 Å². The zero-order valence-corrected chi connectivity index (χ0v) is 39.8. The monoisotopic (exact) mass is 903 g/mol. The van der Waals surface area contributed by atoms with E-state index in [4.69, 9.17) is 11.1 Å². The summed E-state index contributed by atoms with van der Waals surface area (Å²) in [7, 11) is 0. The van der Waals surface area contributed by atoms with Gasteiger partial charge in [0.05, 0.1) is 16.8 Å². The van der Waals surface area contributed by atoms with Gasteiger partial charge in [-0.3, -0.25) is 0 Å². The molecule has 0 saturated carbocycles. The summed E-state index contributed by atoms with van der Waals surface area (Å²) in [5, 5.41) is 10.5. The van der Waals surface area contributed by atoms with E-state index < -0.39 is 5.41 Å². The summed E-state index contributed by atoms with van der Waals surface area (Å²) in [4.78, 5) is 2.55. The maximum Gasteiger partial charge on any atom is 0.0754 e. The van der Waals surface area contributed by atoms with Gasteiger partial charge in [-0.2, -0.15) is 0 Å². The van der Waals surface area contributed by atoms with Crippen molar-refractivity contribution >= 4 is 45.3 Å². The molecule has 3 heteroatoms. The third-order valence-electron chi connectivity index (χ3n) is 13.2. The van der Waals surface area contributed by atoms with Crippen molar-refractivity contribution in [3.05, 3.63) is 295 Å². The molecule has 3 aliphatic rings. The van der Waals surface area contributed by atoms with Gasteiger partial charge < -0.3 is 16.0 Å². The highest BCUT2D eigenvalue weighted by Gasteiger charge is 2.52. The Balaban J connectivity index is 0.000000308. The van der Waals surface area contributed by atoms with E-state index in [2.05, 4.69) is 237 Å². The largest absolute Gasteiger partial charge is 0.405 e. The minimum Gasteiger partial charge on any atom is -0.405 e. The normalized spacial score (nSPS) is 13.4. The molecule has 2 aliphatic carbocycles. The number of aryl methyl sites for hydroxylation is 1. The number of benzene rings is 9. The number of allylic oxidation sites excluding steroid dienone is 11. The van der Waals surface area contributed by atoms with E-state index in [0.717, 1.165) is 12.1 Å². The fraction of sp³-hybridized carbons (Fsp3) is 0.0597. The first-order valence-electron chi connectivity index (χ1n) is 23.9. The summed E-state index contributed by atoms with van der Waals surface area (Å²) in [6, 6.07) is 72.4. The fourth-order valence-electron chi connectivity index (χ4n) is 10.2. The Bertz CT molecular complexity index is 3360. The Hall–Kier alpha value is -8.79. The SMILES string of the molecule is C/C=C/C=C\C=C/N.C1=CC=CCC=C1.C=N.Cc1ccc(-c2cccc(-c3ccc4c(c3)-c3ccccc3C43c4ccc5ccccc5c4N(c4ccccc4)c4c3ccc3ccccc43)c2)cc1. The first kappa shape index (κ1) is 46.3. The smallest absolute Gasteiger partial charge is 0.0754 e. The third kappa shape index (κ3) is 8.77. The van der Waals surface area contributed by atoms with E-state index in [1.165, 1.54) is 100 Å². The van der Waals surface area contributed by atoms with Crippen molar-refractivity contribution in [2.24, 2.45) is 5.73 Å². The van der Waals surface area contributed by atoms with Crippen LogP contribution in [0.5, 0.6) is 0 Å². The standard InChI is InChI=1S/C52H35N.C7H11N.C7H8.CH3N/c1-34-22-24-35(25-23-34)38-14-11-15-39(32-38)40-28-29-47-45(33-40)44-20-9-10-21-46(44)52(47)48-30-26-36-12-5-7-18-42(36)50(48)53(41-16-3-2-4-17-41)51-43-19-8-6-13-37(43)27-31-49(51)52;1-2-3-4-5-6-7-8;1-2-4-6-7-5-3-1;1-2/h2-33H,1H3;2-7H,8H2,1H3;1-6H,7H2;2H,1H2/b;3-2+,5-4-,7-6-;;. The van der Waals surface area contributed by atoms with Crippen LogP contribution in [0.15, 0.2) is 267 Å². The van der Waals surface area contributed by atoms with Gasteiger partial charge in [-0.1, -0.05) is 236 Å². The molecule has 0 amide bonds. The summed E-state index contributed by atoms with van der Waals surface area (Å²) in [6.07, 6.45) is 24.5. The van der Waals surface area contributed by atoms with Crippen molar-refractivity contribution in [1.29, 1.82) is 5.41 Å². The molecule has 9 aromatic rings. The summed E-state index contributed by atoms with van der Waals surface area (Å²) in [5.74, 6) is 0. The Kier molecular flexibility index (Phi) is 14.2. The first-order valence-corrected chi connectivity index (χ1v) is 23.9. The highest BCUT2D eigenvalue weighted by atomic mass is 15.2. The van der Waals surface area contributed by atoms with Crippen molar-refractivity contribution in [2.45, 2.75) is 25.7 Å². The highest BCUT2D eigenvalue weighted by molar-refractivity contribution is 6.12. The van der Waals surface area contributed by atoms with Crippen molar-refractivity contribution in [3.8, 4) is 33.4 Å². The molecule has 0 unspecified atom stereocenters. The molecule has 0 aromatic heterocycles. The molecule has 70 heavy (non-hydrogen) atoms. The van der Waals surface area contributed by atoms with Crippen LogP contribution in [0.2, 0.25) is 0 Å². The van der Waals surface area contributed by atoms with Crippen LogP contribution in [0.3, 0.4) is 0 Å². The van der Waals surface area contributed by atoms with Crippen LogP contribution < -0.4 is 10.6 Å². The van der Waals surface area contributed by atoms with Crippen molar-refractivity contribution in [1.82, 2.24) is 0 Å². The molecular formula is C67H57N3. The quantitative estimate of drug-likeness (QED) is 0.134. The van der Waals surface area contributed by atoms with E-state index in [0.29, 0.717) is 0 Å². The Labute approximate surface area is 413 Å². The minimum absolute atomic E-state index is 0.530. The lowest BCUT2D eigenvalue weighted by Gasteiger charge is -2.46. The number of hydrogen-bond acceptors (Lipinski definition) is 3. The van der Waals surface area contributed by atoms with E-state index in [-0.39, 0.29) is 0 Å². The van der Waals surface area contributed by atoms with Gasteiger partial charge in [0.2, 0.25) is 0 Å². The fourth-order valence-corrected chi connectivity index (χ4v) is 10.2. The van der Waals surface area contributed by atoms with Gasteiger partial charge in [0.1, 0.15) is 0 Å². The minimum atomic E-state index is -0.530. The van der Waals surface area contributed by atoms with Crippen LogP contribution in [0, 0.1) is 12.3 Å². The molecule has 0 fully saturated rings.